The molecule has 2 aromatic heterocycles. The largest absolute Gasteiger partial charge is 0.496 e. The molecule has 3 heterocycles. The molecular formula is C27H33FN6O2. The van der Waals surface area contributed by atoms with E-state index in [1.54, 1.807) is 7.11 Å². The number of ether oxygens (including phenoxy) is 2. The number of fused-ring (bicyclic) bond motifs is 3. The molecule has 0 amide bonds. The summed E-state index contributed by atoms with van der Waals surface area (Å²) >= 11 is 0. The van der Waals surface area contributed by atoms with E-state index in [2.05, 4.69) is 50.3 Å². The Hall–Kier alpha value is -3.43. The van der Waals surface area contributed by atoms with Crippen LogP contribution in [0, 0.1) is 0 Å². The van der Waals surface area contributed by atoms with E-state index in [1.165, 1.54) is 0 Å². The second-order valence-electron chi connectivity index (χ2n) is 9.40. The zero-order chi connectivity index (χ0) is 25.1. The zero-order valence-electron chi connectivity index (χ0n) is 20.8. The molecule has 1 fully saturated rings. The van der Waals surface area contributed by atoms with E-state index in [0.29, 0.717) is 13.1 Å². The summed E-state index contributed by atoms with van der Waals surface area (Å²) in [5.74, 6) is 1.77. The number of para-hydroxylation sites is 1. The number of benzene rings is 2. The van der Waals surface area contributed by atoms with Crippen LogP contribution in [0.25, 0.3) is 21.9 Å². The minimum atomic E-state index is -1.26. The van der Waals surface area contributed by atoms with E-state index < -0.39 is 5.67 Å². The van der Waals surface area contributed by atoms with Crippen molar-refractivity contribution in [1.82, 2.24) is 19.9 Å². The van der Waals surface area contributed by atoms with E-state index >= 15 is 0 Å². The van der Waals surface area contributed by atoms with Crippen molar-refractivity contribution in [3.63, 3.8) is 0 Å². The second kappa shape index (κ2) is 10.3. The Kier molecular flexibility index (Phi) is 6.93. The maximum absolute atomic E-state index is 14.3. The highest BCUT2D eigenvalue weighted by Gasteiger charge is 2.38. The van der Waals surface area contributed by atoms with Crippen LogP contribution in [-0.4, -0.2) is 53.6 Å². The van der Waals surface area contributed by atoms with Crippen LogP contribution >= 0.6 is 0 Å². The molecule has 0 saturated carbocycles. The fraction of sp³-hybridized carbons (Fsp3) is 0.407. The number of nitrogens with one attached hydrogen (secondary N) is 2. The monoisotopic (exact) mass is 492 g/mol. The van der Waals surface area contributed by atoms with Crippen molar-refractivity contribution >= 4 is 33.7 Å². The quantitative estimate of drug-likeness (QED) is 0.269. The average molecular weight is 493 g/mol. The van der Waals surface area contributed by atoms with Gasteiger partial charge in [0.25, 0.3) is 0 Å². The number of nitrogen functional groups attached to an aromatic ring is 1. The Morgan fingerprint density at radius 1 is 1.19 bits per heavy atom. The molecule has 0 atom stereocenters. The topological polar surface area (TPSA) is 99.2 Å². The molecule has 0 unspecified atom stereocenters. The van der Waals surface area contributed by atoms with Crippen molar-refractivity contribution in [1.29, 1.82) is 0 Å². The summed E-state index contributed by atoms with van der Waals surface area (Å²) in [6.07, 6.45) is 2.11. The molecule has 0 aliphatic carbocycles. The van der Waals surface area contributed by atoms with Crippen LogP contribution in [0.15, 0.2) is 42.5 Å². The molecule has 8 nitrogen and oxygen atoms in total. The van der Waals surface area contributed by atoms with Crippen LogP contribution in [0.3, 0.4) is 0 Å². The molecule has 4 aromatic rings. The number of hydrogen-bond acceptors (Lipinski definition) is 7. The first-order valence-electron chi connectivity index (χ1n) is 12.4. The van der Waals surface area contributed by atoms with Crippen molar-refractivity contribution in [3.8, 4) is 5.75 Å². The third kappa shape index (κ3) is 4.81. The van der Waals surface area contributed by atoms with E-state index in [-0.39, 0.29) is 25.7 Å². The first-order chi connectivity index (χ1) is 17.5. The Labute approximate surface area is 210 Å². The molecule has 9 heteroatoms. The Morgan fingerprint density at radius 3 is 2.78 bits per heavy atom. The first-order valence-corrected chi connectivity index (χ1v) is 12.4. The van der Waals surface area contributed by atoms with Gasteiger partial charge in [0.05, 0.1) is 32.4 Å². The fourth-order valence-corrected chi connectivity index (χ4v) is 4.71. The molecule has 5 rings (SSSR count). The number of nitrogens with zero attached hydrogens (tertiary/aromatic N) is 3. The maximum Gasteiger partial charge on any atom is 0.222 e. The highest BCUT2D eigenvalue weighted by molar-refractivity contribution is 6.09. The van der Waals surface area contributed by atoms with Gasteiger partial charge in [0.2, 0.25) is 5.95 Å². The third-order valence-corrected chi connectivity index (χ3v) is 6.61. The van der Waals surface area contributed by atoms with E-state index in [1.807, 2.05) is 24.3 Å². The third-order valence-electron chi connectivity index (χ3n) is 6.61. The van der Waals surface area contributed by atoms with Crippen molar-refractivity contribution in [2.45, 2.75) is 38.5 Å². The van der Waals surface area contributed by atoms with Crippen molar-refractivity contribution in [3.05, 3.63) is 53.6 Å². The smallest absolute Gasteiger partial charge is 0.222 e. The number of alkyl halides is 1. The molecule has 0 radical (unpaired) electrons. The molecule has 0 spiro atoms. The van der Waals surface area contributed by atoms with Crippen LogP contribution in [0.1, 0.15) is 30.9 Å². The summed E-state index contributed by atoms with van der Waals surface area (Å²) in [7, 11) is 1.67. The Balaban J connectivity index is 1.52. The fourth-order valence-electron chi connectivity index (χ4n) is 4.71. The maximum atomic E-state index is 14.3. The van der Waals surface area contributed by atoms with Gasteiger partial charge in [0, 0.05) is 30.6 Å². The molecule has 0 bridgehead atoms. The van der Waals surface area contributed by atoms with Gasteiger partial charge in [-0.1, -0.05) is 37.6 Å². The van der Waals surface area contributed by atoms with Gasteiger partial charge in [-0.2, -0.15) is 4.98 Å². The van der Waals surface area contributed by atoms with Crippen LogP contribution in [-0.2, 0) is 17.8 Å². The summed E-state index contributed by atoms with van der Waals surface area (Å²) in [4.78, 5) is 9.17. The van der Waals surface area contributed by atoms with Crippen molar-refractivity contribution in [2.75, 3.05) is 44.5 Å². The van der Waals surface area contributed by atoms with Gasteiger partial charge in [0.1, 0.15) is 16.8 Å². The number of aromatic nitrogens is 3. The average Bonchev–Trinajstić information content (AvgIpc) is 3.17. The number of rotatable bonds is 11. The zero-order valence-corrected chi connectivity index (χ0v) is 20.8. The molecule has 4 N–H and O–H groups in total. The number of nitrogens with two attached hydrogens (primary N) is 1. The number of unbranched alkanes of at least 4 members (excludes halogenated alkanes) is 1. The molecule has 1 aliphatic heterocycles. The van der Waals surface area contributed by atoms with Gasteiger partial charge in [-0.3, -0.25) is 0 Å². The lowest BCUT2D eigenvalue weighted by Crippen LogP contribution is -2.52. The number of methoxy groups -OCH3 is 1. The van der Waals surface area contributed by atoms with Gasteiger partial charge in [-0.05, 0) is 30.2 Å². The van der Waals surface area contributed by atoms with Gasteiger partial charge >= 0.3 is 0 Å². The van der Waals surface area contributed by atoms with Crippen molar-refractivity contribution < 1.29 is 13.9 Å². The summed E-state index contributed by atoms with van der Waals surface area (Å²) < 4.78 is 27.2. The Bertz CT molecular complexity index is 1370. The van der Waals surface area contributed by atoms with Gasteiger partial charge < -0.3 is 30.4 Å². The molecule has 36 heavy (non-hydrogen) atoms. The van der Waals surface area contributed by atoms with Crippen LogP contribution in [0.4, 0.5) is 16.2 Å². The van der Waals surface area contributed by atoms with E-state index in [9.17, 15) is 4.39 Å². The highest BCUT2D eigenvalue weighted by atomic mass is 19.1. The predicted molar refractivity (Wildman–Crippen MR) is 141 cm³/mol. The summed E-state index contributed by atoms with van der Waals surface area (Å²) in [5.41, 5.74) is 9.69. The molecule has 1 saturated heterocycles. The number of hydrogen-bond donors (Lipinski definition) is 3. The minimum Gasteiger partial charge on any atom is -0.496 e. The van der Waals surface area contributed by atoms with E-state index in [0.717, 1.165) is 64.0 Å². The van der Waals surface area contributed by atoms with Crippen LogP contribution < -0.4 is 21.1 Å². The van der Waals surface area contributed by atoms with Crippen molar-refractivity contribution in [2.24, 2.45) is 0 Å². The second-order valence-corrected chi connectivity index (χ2v) is 9.40. The predicted octanol–water partition coefficient (Wildman–Crippen LogP) is 4.26. The van der Waals surface area contributed by atoms with Crippen LogP contribution in [0.5, 0.6) is 5.75 Å². The van der Waals surface area contributed by atoms with Crippen LogP contribution in [0.2, 0.25) is 0 Å². The standard InChI is InChI=1S/C27H33FN6O2/c1-3-4-11-31-25-24-23(32-26(29)33-25)20-7-5-6-8-21(20)34(24)14-19-12-18(9-10-22(19)35-2)13-30-15-27(28)16-36-17-27/h5-10,12,30H,3-4,11,13-17H2,1-2H3,(H3,29,31,32,33). The lowest BCUT2D eigenvalue weighted by atomic mass is 10.0. The SMILES string of the molecule is CCCCNc1nc(N)nc2c3ccccc3n(Cc3cc(CNCC4(F)COC4)ccc3OC)c12. The lowest BCUT2D eigenvalue weighted by Gasteiger charge is -2.33. The summed E-state index contributed by atoms with van der Waals surface area (Å²) in [6, 6.07) is 14.3. The molecule has 190 valence electrons. The van der Waals surface area contributed by atoms with Gasteiger partial charge in [0.15, 0.2) is 11.5 Å². The molecule has 2 aromatic carbocycles. The minimum absolute atomic E-state index is 0.156. The van der Waals surface area contributed by atoms with E-state index in [4.69, 9.17) is 15.2 Å². The number of halogens is 1. The Morgan fingerprint density at radius 2 is 2.03 bits per heavy atom. The normalized spacial score (nSPS) is 14.8. The summed E-state index contributed by atoms with van der Waals surface area (Å²) in [6.45, 7) is 4.65. The lowest BCUT2D eigenvalue weighted by molar-refractivity contribution is -0.127. The summed E-state index contributed by atoms with van der Waals surface area (Å²) in [5, 5.41) is 7.72. The first kappa shape index (κ1) is 24.3. The highest BCUT2D eigenvalue weighted by Crippen LogP contribution is 2.34. The number of anilines is 2. The molecular weight excluding hydrogens is 459 g/mol. The van der Waals surface area contributed by atoms with Gasteiger partial charge in [-0.25, -0.2) is 9.37 Å². The molecule has 1 aliphatic rings. The van der Waals surface area contributed by atoms with Gasteiger partial charge in [-0.15, -0.1) is 0 Å².